The van der Waals surface area contributed by atoms with Gasteiger partial charge in [0.15, 0.2) is 11.6 Å². The fraction of sp³-hybridized carbons (Fsp3) is 0.541. The second-order valence-corrected chi connectivity index (χ2v) is 11.1. The fourth-order valence-corrected chi connectivity index (χ4v) is 4.56. The molecule has 5 nitrogen and oxygen atoms in total. The summed E-state index contributed by atoms with van der Waals surface area (Å²) in [6.07, 6.45) is 23.1. The molecule has 0 saturated carbocycles. The molecule has 0 aliphatic rings. The lowest BCUT2D eigenvalue weighted by atomic mass is 9.95. The van der Waals surface area contributed by atoms with Gasteiger partial charge in [-0.25, -0.2) is 4.98 Å². The largest absolute Gasteiger partial charge is 0.448 e. The van der Waals surface area contributed by atoms with Crippen LogP contribution in [0.4, 0.5) is 0 Å². The van der Waals surface area contributed by atoms with E-state index in [4.69, 9.17) is 4.42 Å². The van der Waals surface area contributed by atoms with Gasteiger partial charge >= 0.3 is 0 Å². The maximum absolute atomic E-state index is 13.4. The Bertz CT molecular complexity index is 1150. The van der Waals surface area contributed by atoms with Crippen LogP contribution in [0.3, 0.4) is 0 Å². The van der Waals surface area contributed by atoms with E-state index >= 15 is 0 Å². The molecular formula is C37H57N3O2. The predicted molar refractivity (Wildman–Crippen MR) is 181 cm³/mol. The normalized spacial score (nSPS) is 15.5. The number of aromatic nitrogens is 1. The lowest BCUT2D eigenvalue weighted by molar-refractivity contribution is 0.0956. The summed E-state index contributed by atoms with van der Waals surface area (Å²) in [4.78, 5) is 22.7. The van der Waals surface area contributed by atoms with Crippen molar-refractivity contribution >= 4 is 12.1 Å². The van der Waals surface area contributed by atoms with Gasteiger partial charge in [-0.15, -0.1) is 0 Å². The van der Waals surface area contributed by atoms with Crippen molar-refractivity contribution < 1.29 is 9.21 Å². The minimum atomic E-state index is -0.258. The first-order valence-electron chi connectivity index (χ1n) is 16.1. The van der Waals surface area contributed by atoms with E-state index in [9.17, 15) is 4.79 Å². The summed E-state index contributed by atoms with van der Waals surface area (Å²) in [5.74, 6) is 0.768. The van der Waals surface area contributed by atoms with Crippen molar-refractivity contribution in [2.45, 2.75) is 125 Å². The van der Waals surface area contributed by atoms with E-state index in [0.717, 1.165) is 66.5 Å². The molecular weight excluding hydrogens is 518 g/mol. The van der Waals surface area contributed by atoms with Gasteiger partial charge in [0.2, 0.25) is 0 Å². The average Bonchev–Trinajstić information content (AvgIpc) is 3.49. The number of oxazole rings is 1. The maximum Gasteiger partial charge on any atom is 0.277 e. The van der Waals surface area contributed by atoms with Crippen molar-refractivity contribution in [3.63, 3.8) is 0 Å². The Hall–Kier alpha value is -3.21. The summed E-state index contributed by atoms with van der Waals surface area (Å²) in [5, 5.41) is 3.15. The van der Waals surface area contributed by atoms with Crippen LogP contribution < -0.4 is 5.32 Å². The molecule has 0 saturated heterocycles. The van der Waals surface area contributed by atoms with Gasteiger partial charge in [0, 0.05) is 23.9 Å². The second kappa shape index (κ2) is 20.6. The number of amides is 1. The third-order valence-electron chi connectivity index (χ3n) is 7.79. The maximum atomic E-state index is 13.4. The summed E-state index contributed by atoms with van der Waals surface area (Å²) in [6.45, 7) is 25.2. The van der Waals surface area contributed by atoms with Gasteiger partial charge in [-0.1, -0.05) is 98.1 Å². The second-order valence-electron chi connectivity index (χ2n) is 11.1. The highest BCUT2D eigenvalue weighted by molar-refractivity contribution is 5.93. The quantitative estimate of drug-likeness (QED) is 0.0955. The number of hydrogen-bond acceptors (Lipinski definition) is 4. The Morgan fingerprint density at radius 3 is 2.26 bits per heavy atom. The van der Waals surface area contributed by atoms with Crippen LogP contribution in [0.1, 0.15) is 135 Å². The molecule has 232 valence electrons. The molecule has 5 heteroatoms. The highest BCUT2D eigenvalue weighted by Crippen LogP contribution is 2.28. The highest BCUT2D eigenvalue weighted by atomic mass is 16.3. The third-order valence-corrected chi connectivity index (χ3v) is 7.79. The number of carbonyl (C=O) groups is 1. The van der Waals surface area contributed by atoms with Gasteiger partial charge in [-0.3, -0.25) is 9.79 Å². The van der Waals surface area contributed by atoms with Crippen LogP contribution in [0.15, 0.2) is 87.2 Å². The monoisotopic (exact) mass is 575 g/mol. The Morgan fingerprint density at radius 2 is 1.69 bits per heavy atom. The molecule has 1 N–H and O–H groups in total. The standard InChI is InChI=1S/C37H57N3O2/c1-11-18-19-20-22-32(21-12-2)37-40-35(26-42-37)36(41)39-34(27(8)13-3)24-33(30(15-5)16-6)23-28(9)31(17-7)25-38-29(10)14-4/h15-17,23-27,29,32H,5,9,11-14,18-22H2,1-4,6-8,10H3,(H,39,41)/b30-16-,31-17+,33-23-,34-24+,38-25?/t27?,29-,32?/m0/s1. The molecule has 1 aromatic rings. The van der Waals surface area contributed by atoms with Crippen molar-refractivity contribution in [2.75, 3.05) is 0 Å². The first-order chi connectivity index (χ1) is 20.2. The number of allylic oxidation sites excluding steroid dienone is 10. The van der Waals surface area contributed by atoms with Crippen LogP contribution in [0.2, 0.25) is 0 Å². The smallest absolute Gasteiger partial charge is 0.277 e. The number of rotatable bonds is 20. The zero-order valence-corrected chi connectivity index (χ0v) is 27.8. The summed E-state index contributed by atoms with van der Waals surface area (Å²) >= 11 is 0. The van der Waals surface area contributed by atoms with Crippen molar-refractivity contribution in [1.82, 2.24) is 10.3 Å². The summed E-state index contributed by atoms with van der Waals surface area (Å²) in [6, 6.07) is 0.248. The molecule has 0 aliphatic carbocycles. The summed E-state index contributed by atoms with van der Waals surface area (Å²) < 4.78 is 5.86. The Morgan fingerprint density at radius 1 is 0.976 bits per heavy atom. The number of unbranched alkanes of at least 4 members (excludes halogenated alkanes) is 3. The lowest BCUT2D eigenvalue weighted by Gasteiger charge is -2.17. The molecule has 1 heterocycles. The van der Waals surface area contributed by atoms with Gasteiger partial charge < -0.3 is 9.73 Å². The third kappa shape index (κ3) is 12.3. The van der Waals surface area contributed by atoms with E-state index < -0.39 is 0 Å². The number of aliphatic imine (C=N–C) groups is 1. The summed E-state index contributed by atoms with van der Waals surface area (Å²) in [7, 11) is 0. The predicted octanol–water partition coefficient (Wildman–Crippen LogP) is 10.6. The average molecular weight is 576 g/mol. The minimum Gasteiger partial charge on any atom is -0.448 e. The molecule has 0 radical (unpaired) electrons. The molecule has 42 heavy (non-hydrogen) atoms. The van der Waals surface area contributed by atoms with Crippen molar-refractivity contribution in [3.8, 4) is 0 Å². The SMILES string of the molecule is C=CC(=C/C)/C(=C\C(=C)/C(C=N[C@@H](C)CC)=C/C)/C=C(/NC(=O)c1coc(C(CCC)CCCCCC)n1)C(C)CC. The van der Waals surface area contributed by atoms with E-state index in [0.29, 0.717) is 11.6 Å². The Labute approximate surface area is 256 Å². The van der Waals surface area contributed by atoms with E-state index in [1.54, 1.807) is 0 Å². The first kappa shape index (κ1) is 36.8. The van der Waals surface area contributed by atoms with E-state index in [1.807, 2.05) is 50.4 Å². The van der Waals surface area contributed by atoms with E-state index in [-0.39, 0.29) is 23.8 Å². The molecule has 0 bridgehead atoms. The molecule has 1 amide bonds. The Kier molecular flexibility index (Phi) is 18.1. The first-order valence-corrected chi connectivity index (χ1v) is 16.1. The van der Waals surface area contributed by atoms with E-state index in [2.05, 4.69) is 70.0 Å². The molecule has 2 unspecified atom stereocenters. The van der Waals surface area contributed by atoms with Crippen LogP contribution in [0, 0.1) is 5.92 Å². The molecule has 0 aromatic carbocycles. The zero-order chi connectivity index (χ0) is 31.5. The van der Waals surface area contributed by atoms with Crippen LogP contribution in [-0.2, 0) is 0 Å². The number of nitrogens with zero attached hydrogens (tertiary/aromatic N) is 2. The van der Waals surface area contributed by atoms with Gasteiger partial charge in [0.05, 0.1) is 0 Å². The molecule has 1 rings (SSSR count). The number of carbonyl (C=O) groups excluding carboxylic acids is 1. The lowest BCUT2D eigenvalue weighted by Crippen LogP contribution is -2.27. The van der Waals surface area contributed by atoms with Crippen molar-refractivity contribution in [1.29, 1.82) is 0 Å². The number of nitrogens with one attached hydrogen (secondary N) is 1. The number of hydrogen-bond donors (Lipinski definition) is 1. The fourth-order valence-electron chi connectivity index (χ4n) is 4.56. The van der Waals surface area contributed by atoms with Crippen LogP contribution in [-0.4, -0.2) is 23.1 Å². The molecule has 0 spiro atoms. The van der Waals surface area contributed by atoms with Gasteiger partial charge in [-0.05, 0) is 86.8 Å². The van der Waals surface area contributed by atoms with E-state index in [1.165, 1.54) is 25.5 Å². The Balaban J connectivity index is 3.36. The van der Waals surface area contributed by atoms with Crippen molar-refractivity contribution in [2.24, 2.45) is 10.9 Å². The summed E-state index contributed by atoms with van der Waals surface area (Å²) in [5.41, 5.74) is 4.80. The highest BCUT2D eigenvalue weighted by Gasteiger charge is 2.21. The van der Waals surface area contributed by atoms with Crippen molar-refractivity contribution in [3.05, 3.63) is 89.4 Å². The topological polar surface area (TPSA) is 67.5 Å². The van der Waals surface area contributed by atoms with Crippen LogP contribution >= 0.6 is 0 Å². The molecule has 1 aromatic heterocycles. The molecule has 3 atom stereocenters. The van der Waals surface area contributed by atoms with Gasteiger partial charge in [0.1, 0.15) is 6.26 Å². The van der Waals surface area contributed by atoms with Gasteiger partial charge in [0.25, 0.3) is 5.91 Å². The molecule has 0 aliphatic heterocycles. The molecule has 0 fully saturated rings. The zero-order valence-electron chi connectivity index (χ0n) is 27.8. The van der Waals surface area contributed by atoms with Crippen LogP contribution in [0.5, 0.6) is 0 Å². The minimum absolute atomic E-state index is 0.111. The van der Waals surface area contributed by atoms with Gasteiger partial charge in [-0.2, -0.15) is 0 Å². The van der Waals surface area contributed by atoms with Crippen LogP contribution in [0.25, 0.3) is 0 Å².